The summed E-state index contributed by atoms with van der Waals surface area (Å²) < 4.78 is 1.22. The van der Waals surface area contributed by atoms with E-state index in [9.17, 15) is 0 Å². The Bertz CT molecular complexity index is 638. The summed E-state index contributed by atoms with van der Waals surface area (Å²) in [6.07, 6.45) is 4.49. The van der Waals surface area contributed by atoms with Gasteiger partial charge in [0.15, 0.2) is 0 Å². The number of hydrogen-bond donors (Lipinski definition) is 0. The number of halogens is 1. The molecule has 1 heteroatoms. The predicted molar refractivity (Wildman–Crippen MR) is 81.8 cm³/mol. The fraction of sp³-hybridized carbons (Fsp3) is 0.176. The first kappa shape index (κ1) is 11.7. The van der Waals surface area contributed by atoms with Crippen LogP contribution in [-0.4, -0.2) is 0 Å². The smallest absolute Gasteiger partial charge is 0.0225 e. The lowest BCUT2D eigenvalue weighted by Crippen LogP contribution is -1.91. The highest BCUT2D eigenvalue weighted by molar-refractivity contribution is 9.10. The summed E-state index contributed by atoms with van der Waals surface area (Å²) in [5, 5.41) is 0. The molecule has 0 bridgehead atoms. The van der Waals surface area contributed by atoms with E-state index >= 15 is 0 Å². The van der Waals surface area contributed by atoms with Gasteiger partial charge in [-0.15, -0.1) is 0 Å². The van der Waals surface area contributed by atoms with Crippen LogP contribution in [0.1, 0.15) is 29.5 Å². The van der Waals surface area contributed by atoms with E-state index in [0.717, 1.165) is 0 Å². The van der Waals surface area contributed by atoms with Crippen LogP contribution in [0, 0.1) is 6.92 Å². The van der Waals surface area contributed by atoms with Crippen molar-refractivity contribution in [3.63, 3.8) is 0 Å². The molecule has 1 atom stereocenters. The van der Waals surface area contributed by atoms with E-state index in [2.05, 4.69) is 78.3 Å². The minimum Gasteiger partial charge on any atom is -0.0766 e. The molecular formula is C17H15Br. The average molecular weight is 299 g/mol. The Kier molecular flexibility index (Phi) is 2.87. The first-order chi connectivity index (χ1) is 8.66. The van der Waals surface area contributed by atoms with Crippen molar-refractivity contribution < 1.29 is 0 Å². The van der Waals surface area contributed by atoms with Gasteiger partial charge in [-0.05, 0) is 46.9 Å². The van der Waals surface area contributed by atoms with Crippen molar-refractivity contribution in [1.82, 2.24) is 0 Å². The van der Waals surface area contributed by atoms with Crippen LogP contribution in [-0.2, 0) is 0 Å². The zero-order valence-electron chi connectivity index (χ0n) is 10.6. The highest BCUT2D eigenvalue weighted by Gasteiger charge is 2.17. The van der Waals surface area contributed by atoms with Gasteiger partial charge in [0.05, 0.1) is 0 Å². The Balaban J connectivity index is 2.19. The number of benzene rings is 2. The molecule has 0 saturated heterocycles. The van der Waals surface area contributed by atoms with Gasteiger partial charge in [-0.1, -0.05) is 59.3 Å². The number of rotatable bonds is 1. The lowest BCUT2D eigenvalue weighted by Gasteiger charge is -2.12. The third-order valence-corrected chi connectivity index (χ3v) is 4.29. The predicted octanol–water partition coefficient (Wildman–Crippen LogP) is 5.55. The van der Waals surface area contributed by atoms with E-state index in [0.29, 0.717) is 5.92 Å². The molecule has 0 aliphatic heterocycles. The minimum atomic E-state index is 0.514. The lowest BCUT2D eigenvalue weighted by atomic mass is 9.95. The SMILES string of the molecule is Cc1ccccc1-c1cc(Br)c2c(c1)C=CC2C. The number of allylic oxidation sites excluding steroid dienone is 1. The first-order valence-corrected chi connectivity index (χ1v) is 7.04. The van der Waals surface area contributed by atoms with Crippen molar-refractivity contribution in [1.29, 1.82) is 0 Å². The fourth-order valence-electron chi connectivity index (χ4n) is 2.65. The van der Waals surface area contributed by atoms with Gasteiger partial charge >= 0.3 is 0 Å². The van der Waals surface area contributed by atoms with Crippen LogP contribution in [0.3, 0.4) is 0 Å². The summed E-state index contributed by atoms with van der Waals surface area (Å²) in [4.78, 5) is 0. The van der Waals surface area contributed by atoms with Crippen molar-refractivity contribution in [3.05, 3.63) is 63.6 Å². The molecule has 1 aliphatic carbocycles. The molecule has 0 radical (unpaired) electrons. The Labute approximate surface area is 116 Å². The number of fused-ring (bicyclic) bond motifs is 1. The fourth-order valence-corrected chi connectivity index (χ4v) is 3.49. The molecule has 3 rings (SSSR count). The van der Waals surface area contributed by atoms with Gasteiger partial charge in [-0.3, -0.25) is 0 Å². The zero-order valence-corrected chi connectivity index (χ0v) is 12.2. The Morgan fingerprint density at radius 1 is 1.11 bits per heavy atom. The second-order valence-electron chi connectivity index (χ2n) is 4.92. The molecule has 1 unspecified atom stereocenters. The summed E-state index contributed by atoms with van der Waals surface area (Å²) in [7, 11) is 0. The summed E-state index contributed by atoms with van der Waals surface area (Å²) >= 11 is 3.72. The molecule has 18 heavy (non-hydrogen) atoms. The molecular weight excluding hydrogens is 284 g/mol. The van der Waals surface area contributed by atoms with Crippen molar-refractivity contribution >= 4 is 22.0 Å². The van der Waals surface area contributed by atoms with E-state index in [1.165, 1.54) is 32.3 Å². The topological polar surface area (TPSA) is 0 Å². The summed E-state index contributed by atoms with van der Waals surface area (Å²) in [6.45, 7) is 4.40. The van der Waals surface area contributed by atoms with Crippen LogP contribution >= 0.6 is 15.9 Å². The first-order valence-electron chi connectivity index (χ1n) is 6.24. The second kappa shape index (κ2) is 4.40. The molecule has 0 heterocycles. The van der Waals surface area contributed by atoms with Gasteiger partial charge < -0.3 is 0 Å². The summed E-state index contributed by atoms with van der Waals surface area (Å²) in [5.74, 6) is 0.514. The van der Waals surface area contributed by atoms with E-state index in [1.807, 2.05) is 0 Å². The molecule has 0 spiro atoms. The highest BCUT2D eigenvalue weighted by atomic mass is 79.9. The van der Waals surface area contributed by atoms with Crippen molar-refractivity contribution in [3.8, 4) is 11.1 Å². The average Bonchev–Trinajstić information content (AvgIpc) is 2.72. The Morgan fingerprint density at radius 3 is 2.67 bits per heavy atom. The van der Waals surface area contributed by atoms with Crippen molar-refractivity contribution in [2.75, 3.05) is 0 Å². The summed E-state index contributed by atoms with van der Waals surface area (Å²) in [6, 6.07) is 13.1. The molecule has 1 aliphatic rings. The van der Waals surface area contributed by atoms with Crippen LogP contribution in [0.5, 0.6) is 0 Å². The van der Waals surface area contributed by atoms with Crippen LogP contribution in [0.4, 0.5) is 0 Å². The van der Waals surface area contributed by atoms with E-state index in [-0.39, 0.29) is 0 Å². The molecule has 0 N–H and O–H groups in total. The quantitative estimate of drug-likeness (QED) is 0.647. The molecule has 0 aromatic heterocycles. The van der Waals surface area contributed by atoms with Crippen LogP contribution in [0.25, 0.3) is 17.2 Å². The monoisotopic (exact) mass is 298 g/mol. The normalized spacial score (nSPS) is 16.9. The van der Waals surface area contributed by atoms with Crippen molar-refractivity contribution in [2.45, 2.75) is 19.8 Å². The van der Waals surface area contributed by atoms with Crippen molar-refractivity contribution in [2.24, 2.45) is 0 Å². The molecule has 2 aromatic rings. The maximum Gasteiger partial charge on any atom is 0.0225 e. The van der Waals surface area contributed by atoms with Gasteiger partial charge in [0.25, 0.3) is 0 Å². The Hall–Kier alpha value is -1.34. The standard InChI is InChI=1S/C17H15Br/c1-11-5-3-4-6-15(11)14-9-13-8-7-12(2)17(13)16(18)10-14/h3-10,12H,1-2H3. The molecule has 0 amide bonds. The second-order valence-corrected chi connectivity index (χ2v) is 5.78. The van der Waals surface area contributed by atoms with Crippen LogP contribution < -0.4 is 0 Å². The number of aryl methyl sites for hydroxylation is 1. The van der Waals surface area contributed by atoms with E-state index in [1.54, 1.807) is 0 Å². The maximum atomic E-state index is 3.72. The Morgan fingerprint density at radius 2 is 1.89 bits per heavy atom. The van der Waals surface area contributed by atoms with Crippen LogP contribution in [0.15, 0.2) is 46.9 Å². The van der Waals surface area contributed by atoms with Gasteiger partial charge in [0.1, 0.15) is 0 Å². The molecule has 0 nitrogen and oxygen atoms in total. The molecule has 90 valence electrons. The van der Waals surface area contributed by atoms with E-state index in [4.69, 9.17) is 0 Å². The largest absolute Gasteiger partial charge is 0.0766 e. The van der Waals surface area contributed by atoms with E-state index < -0.39 is 0 Å². The third-order valence-electron chi connectivity index (χ3n) is 3.64. The highest BCUT2D eigenvalue weighted by Crippen LogP contribution is 2.39. The van der Waals surface area contributed by atoms with Gasteiger partial charge in [0.2, 0.25) is 0 Å². The minimum absolute atomic E-state index is 0.514. The third kappa shape index (κ3) is 1.83. The number of hydrogen-bond acceptors (Lipinski definition) is 0. The maximum absolute atomic E-state index is 3.72. The van der Waals surface area contributed by atoms with Gasteiger partial charge in [-0.25, -0.2) is 0 Å². The lowest BCUT2D eigenvalue weighted by molar-refractivity contribution is 0.982. The van der Waals surface area contributed by atoms with Gasteiger partial charge in [-0.2, -0.15) is 0 Å². The zero-order chi connectivity index (χ0) is 12.7. The van der Waals surface area contributed by atoms with Crippen LogP contribution in [0.2, 0.25) is 0 Å². The molecule has 0 saturated carbocycles. The molecule has 0 fully saturated rings. The summed E-state index contributed by atoms with van der Waals surface area (Å²) in [5.41, 5.74) is 6.67. The molecule has 2 aromatic carbocycles. The van der Waals surface area contributed by atoms with Gasteiger partial charge in [0, 0.05) is 10.4 Å².